The Morgan fingerprint density at radius 1 is 1.45 bits per heavy atom. The van der Waals surface area contributed by atoms with Gasteiger partial charge < -0.3 is 14.9 Å². The van der Waals surface area contributed by atoms with Crippen molar-refractivity contribution in [3.05, 3.63) is 39.2 Å². The molecular weight excluding hydrogens is 288 g/mol. The second-order valence-electron chi connectivity index (χ2n) is 4.22. The molecule has 8 nitrogen and oxygen atoms in total. The second-order valence-corrected chi connectivity index (χ2v) is 4.66. The Labute approximate surface area is 117 Å². The predicted molar refractivity (Wildman–Crippen MR) is 71.3 cm³/mol. The Bertz CT molecular complexity index is 666. The van der Waals surface area contributed by atoms with E-state index < -0.39 is 40.9 Å². The van der Waals surface area contributed by atoms with Crippen molar-refractivity contribution in [2.75, 3.05) is 0 Å². The molecular formula is C11H12N2O6S. The Kier molecular flexibility index (Phi) is 3.95. The minimum Gasteiger partial charge on any atom is -0.387 e. The lowest BCUT2D eigenvalue weighted by Crippen LogP contribution is -2.38. The van der Waals surface area contributed by atoms with Gasteiger partial charge in [0.1, 0.15) is 12.2 Å². The zero-order valence-electron chi connectivity index (χ0n) is 10.1. The van der Waals surface area contributed by atoms with E-state index in [1.165, 1.54) is 6.08 Å². The zero-order chi connectivity index (χ0) is 15.0. The maximum absolute atomic E-state index is 11.7. The molecule has 4 atom stereocenters. The number of thiol groups is 1. The van der Waals surface area contributed by atoms with Crippen LogP contribution < -0.4 is 11.2 Å². The standard InChI is InChI=1S/C11H12N2O6S/c1-2-4-3-13(11(18)12-8(4)16)9-6(15)5(14)7(19-9)10(17)20/h2-3,5-7,9,14-15H,1H2,(H,17,20)(H,12,16,18)/t5-,6+,7-,9+/m0/s1. The van der Waals surface area contributed by atoms with Crippen molar-refractivity contribution < 1.29 is 19.7 Å². The number of aromatic nitrogens is 2. The summed E-state index contributed by atoms with van der Waals surface area (Å²) in [6.45, 7) is 3.41. The summed E-state index contributed by atoms with van der Waals surface area (Å²) < 4.78 is 6.01. The van der Waals surface area contributed by atoms with Crippen LogP contribution in [0.5, 0.6) is 0 Å². The summed E-state index contributed by atoms with van der Waals surface area (Å²) in [5.74, 6) is 0. The molecule has 0 radical (unpaired) electrons. The molecule has 3 N–H and O–H groups in total. The molecule has 0 aromatic carbocycles. The van der Waals surface area contributed by atoms with Crippen LogP contribution in [0.4, 0.5) is 0 Å². The quantitative estimate of drug-likeness (QED) is 0.491. The summed E-state index contributed by atoms with van der Waals surface area (Å²) in [5.41, 5.74) is -1.41. The van der Waals surface area contributed by atoms with Gasteiger partial charge in [0, 0.05) is 6.20 Å². The van der Waals surface area contributed by atoms with Crippen LogP contribution in [0.25, 0.3) is 6.08 Å². The fraction of sp³-hybridized carbons (Fsp3) is 0.364. The molecule has 0 spiro atoms. The number of H-pyrrole nitrogens is 1. The molecule has 1 saturated heterocycles. The number of nitrogens with one attached hydrogen (secondary N) is 1. The van der Waals surface area contributed by atoms with Crippen molar-refractivity contribution in [3.63, 3.8) is 0 Å². The minimum atomic E-state index is -1.52. The van der Waals surface area contributed by atoms with E-state index in [-0.39, 0.29) is 5.56 Å². The van der Waals surface area contributed by atoms with E-state index in [9.17, 15) is 24.6 Å². The molecule has 1 fully saturated rings. The summed E-state index contributed by atoms with van der Waals surface area (Å²) in [6.07, 6.45) is -3.36. The number of rotatable bonds is 3. The van der Waals surface area contributed by atoms with Crippen LogP contribution in [0.3, 0.4) is 0 Å². The smallest absolute Gasteiger partial charge is 0.330 e. The lowest BCUT2D eigenvalue weighted by Gasteiger charge is -2.17. The van der Waals surface area contributed by atoms with Gasteiger partial charge in [-0.2, -0.15) is 0 Å². The third-order valence-corrected chi connectivity index (χ3v) is 3.23. The molecule has 108 valence electrons. The molecule has 0 saturated carbocycles. The van der Waals surface area contributed by atoms with Crippen LogP contribution in [-0.2, 0) is 9.53 Å². The minimum absolute atomic E-state index is 0.0792. The van der Waals surface area contributed by atoms with E-state index in [0.29, 0.717) is 0 Å². The molecule has 1 aromatic heterocycles. The molecule has 2 rings (SSSR count). The number of hydrogen-bond donors (Lipinski definition) is 4. The third-order valence-electron chi connectivity index (χ3n) is 2.97. The van der Waals surface area contributed by atoms with Crippen LogP contribution >= 0.6 is 12.6 Å². The predicted octanol–water partition coefficient (Wildman–Crippen LogP) is -1.74. The molecule has 0 bridgehead atoms. The largest absolute Gasteiger partial charge is 0.387 e. The highest BCUT2D eigenvalue weighted by molar-refractivity contribution is 7.96. The highest BCUT2D eigenvalue weighted by Crippen LogP contribution is 2.29. The Morgan fingerprint density at radius 2 is 2.10 bits per heavy atom. The van der Waals surface area contributed by atoms with Crippen molar-refractivity contribution in [2.45, 2.75) is 24.5 Å². The molecule has 0 unspecified atom stereocenters. The maximum atomic E-state index is 11.7. The van der Waals surface area contributed by atoms with Crippen molar-refractivity contribution in [2.24, 2.45) is 0 Å². The first-order chi connectivity index (χ1) is 9.36. The van der Waals surface area contributed by atoms with Gasteiger partial charge in [0.05, 0.1) is 5.56 Å². The first-order valence-electron chi connectivity index (χ1n) is 5.59. The number of hydrogen-bond acceptors (Lipinski definition) is 6. The lowest BCUT2D eigenvalue weighted by molar-refractivity contribution is -0.126. The second kappa shape index (κ2) is 5.37. The van der Waals surface area contributed by atoms with E-state index >= 15 is 0 Å². The van der Waals surface area contributed by atoms with Gasteiger partial charge in [-0.1, -0.05) is 12.7 Å². The van der Waals surface area contributed by atoms with E-state index in [1.807, 2.05) is 4.98 Å². The highest BCUT2D eigenvalue weighted by Gasteiger charge is 2.46. The lowest BCUT2D eigenvalue weighted by atomic mass is 10.1. The average molecular weight is 300 g/mol. The number of nitrogens with zero attached hydrogens (tertiary/aromatic N) is 1. The van der Waals surface area contributed by atoms with Crippen molar-refractivity contribution in [1.29, 1.82) is 0 Å². The number of aliphatic hydroxyl groups excluding tert-OH is 2. The molecule has 20 heavy (non-hydrogen) atoms. The average Bonchev–Trinajstić information content (AvgIpc) is 2.67. The summed E-state index contributed by atoms with van der Waals surface area (Å²) in [4.78, 5) is 36.3. The number of ether oxygens (including phenoxy) is 1. The van der Waals surface area contributed by atoms with Gasteiger partial charge in [-0.05, 0) is 0 Å². The van der Waals surface area contributed by atoms with Gasteiger partial charge in [-0.15, -0.1) is 12.6 Å². The van der Waals surface area contributed by atoms with Crippen LogP contribution in [0.1, 0.15) is 11.8 Å². The van der Waals surface area contributed by atoms with E-state index in [2.05, 4.69) is 19.2 Å². The molecule has 0 aliphatic carbocycles. The maximum Gasteiger partial charge on any atom is 0.330 e. The van der Waals surface area contributed by atoms with Crippen LogP contribution in [0.15, 0.2) is 22.4 Å². The molecule has 9 heteroatoms. The number of aromatic amines is 1. The van der Waals surface area contributed by atoms with Gasteiger partial charge in [0.2, 0.25) is 5.12 Å². The number of carbonyl (C=O) groups is 1. The monoisotopic (exact) mass is 300 g/mol. The molecule has 0 amide bonds. The van der Waals surface area contributed by atoms with Gasteiger partial charge >= 0.3 is 5.69 Å². The Morgan fingerprint density at radius 3 is 2.60 bits per heavy atom. The third kappa shape index (κ3) is 2.36. The van der Waals surface area contributed by atoms with E-state index in [4.69, 9.17) is 4.74 Å². The van der Waals surface area contributed by atoms with Crippen LogP contribution in [-0.4, -0.2) is 43.2 Å². The van der Waals surface area contributed by atoms with Gasteiger partial charge in [0.25, 0.3) is 5.56 Å². The topological polar surface area (TPSA) is 122 Å². The van der Waals surface area contributed by atoms with Crippen molar-refractivity contribution in [3.8, 4) is 0 Å². The van der Waals surface area contributed by atoms with Crippen molar-refractivity contribution >= 4 is 23.8 Å². The summed E-state index contributed by atoms with van der Waals surface area (Å²) in [6, 6.07) is 0. The van der Waals surface area contributed by atoms with Gasteiger partial charge in [0.15, 0.2) is 12.3 Å². The van der Waals surface area contributed by atoms with Gasteiger partial charge in [-0.3, -0.25) is 19.1 Å². The molecule has 1 aliphatic heterocycles. The Hall–Kier alpha value is -1.68. The Balaban J connectivity index is 2.47. The van der Waals surface area contributed by atoms with Gasteiger partial charge in [-0.25, -0.2) is 4.79 Å². The first-order valence-corrected chi connectivity index (χ1v) is 6.04. The molecule has 1 aromatic rings. The molecule has 1 aliphatic rings. The SMILES string of the molecule is C=Cc1cn([C@@H]2O[C@H](C(=O)S)[C@@H](O)[C@H]2O)c(=O)[nH]c1=O. The fourth-order valence-electron chi connectivity index (χ4n) is 1.93. The number of aliphatic hydroxyl groups is 2. The van der Waals surface area contributed by atoms with E-state index in [1.54, 1.807) is 0 Å². The number of carbonyl (C=O) groups excluding carboxylic acids is 1. The van der Waals surface area contributed by atoms with Crippen molar-refractivity contribution in [1.82, 2.24) is 9.55 Å². The summed E-state index contributed by atoms with van der Waals surface area (Å²) >= 11 is 3.53. The zero-order valence-corrected chi connectivity index (χ0v) is 11.0. The summed E-state index contributed by atoms with van der Waals surface area (Å²) in [5, 5.41) is 18.8. The van der Waals surface area contributed by atoms with E-state index in [0.717, 1.165) is 10.8 Å². The normalized spacial score (nSPS) is 29.4. The van der Waals surface area contributed by atoms with Crippen LogP contribution in [0.2, 0.25) is 0 Å². The summed E-state index contributed by atoms with van der Waals surface area (Å²) in [7, 11) is 0. The molecule has 2 heterocycles. The van der Waals surface area contributed by atoms with Crippen LogP contribution in [0, 0.1) is 0 Å². The highest BCUT2D eigenvalue weighted by atomic mass is 32.1. The first kappa shape index (κ1) is 14.7. The fourth-order valence-corrected chi connectivity index (χ4v) is 2.14.